The molecule has 5 nitrogen and oxygen atoms in total. The Hall–Kier alpha value is -1.47. The molecule has 19 heavy (non-hydrogen) atoms. The lowest BCUT2D eigenvalue weighted by Gasteiger charge is -2.20. The van der Waals surface area contributed by atoms with Crippen LogP contribution in [0.5, 0.6) is 0 Å². The number of anilines is 1. The Bertz CT molecular complexity index is 499. The highest BCUT2D eigenvalue weighted by molar-refractivity contribution is 7.78. The van der Waals surface area contributed by atoms with E-state index in [4.69, 9.17) is 4.74 Å². The molecule has 106 valence electrons. The molecule has 0 radical (unpaired) electrons. The third-order valence-electron chi connectivity index (χ3n) is 1.95. The zero-order valence-corrected chi connectivity index (χ0v) is 11.7. The van der Waals surface area contributed by atoms with Crippen LogP contribution in [0.3, 0.4) is 0 Å². The number of benzene rings is 1. The minimum absolute atomic E-state index is 0.0605. The average Bonchev–Trinajstić information content (AvgIpc) is 2.18. The zero-order chi connectivity index (χ0) is 14.6. The number of halogens is 1. The molecule has 7 heteroatoms. The van der Waals surface area contributed by atoms with Gasteiger partial charge in [-0.3, -0.25) is 9.53 Å². The summed E-state index contributed by atoms with van der Waals surface area (Å²) in [6.45, 7) is 5.07. The van der Waals surface area contributed by atoms with E-state index >= 15 is 0 Å². The van der Waals surface area contributed by atoms with Gasteiger partial charge in [-0.2, -0.15) is 0 Å². The molecule has 1 aromatic rings. The summed E-state index contributed by atoms with van der Waals surface area (Å²) < 4.78 is 39.6. The first kappa shape index (κ1) is 15.6. The normalized spacial score (nSPS) is 12.9. The van der Waals surface area contributed by atoms with Crippen molar-refractivity contribution in [3.63, 3.8) is 0 Å². The minimum Gasteiger partial charge on any atom is -0.772 e. The zero-order valence-electron chi connectivity index (χ0n) is 10.9. The Balaban J connectivity index is 2.75. The van der Waals surface area contributed by atoms with Gasteiger partial charge in [0.1, 0.15) is 11.4 Å². The number of ether oxygens (including phenoxy) is 1. The van der Waals surface area contributed by atoms with E-state index in [0.29, 0.717) is 5.56 Å². The van der Waals surface area contributed by atoms with Crippen LogP contribution >= 0.6 is 0 Å². The highest BCUT2D eigenvalue weighted by Crippen LogP contribution is 2.18. The van der Waals surface area contributed by atoms with Crippen LogP contribution in [-0.2, 0) is 21.6 Å². The van der Waals surface area contributed by atoms with E-state index in [1.165, 1.54) is 12.1 Å². The molecule has 0 heterocycles. The molecule has 1 amide bonds. The number of amides is 1. The van der Waals surface area contributed by atoms with E-state index in [9.17, 15) is 17.9 Å². The lowest BCUT2D eigenvalue weighted by atomic mass is 10.2. The molecule has 1 aromatic carbocycles. The van der Waals surface area contributed by atoms with Crippen LogP contribution in [0, 0.1) is 5.82 Å². The maximum Gasteiger partial charge on any atom is 0.412 e. The summed E-state index contributed by atoms with van der Waals surface area (Å²) >= 11 is -2.28. The van der Waals surface area contributed by atoms with Gasteiger partial charge in [0.25, 0.3) is 0 Å². The number of carbonyl (C=O) groups is 1. The summed E-state index contributed by atoms with van der Waals surface area (Å²) in [5.74, 6) is -0.988. The highest BCUT2D eigenvalue weighted by Gasteiger charge is 2.17. The first-order valence-corrected chi connectivity index (χ1v) is 6.76. The van der Waals surface area contributed by atoms with Gasteiger partial charge in [0.15, 0.2) is 0 Å². The molecular weight excluding hydrogens is 273 g/mol. The molecule has 0 saturated heterocycles. The molecule has 0 aromatic heterocycles. The van der Waals surface area contributed by atoms with Gasteiger partial charge in [0.2, 0.25) is 0 Å². The Morgan fingerprint density at radius 1 is 1.47 bits per heavy atom. The molecule has 0 aliphatic heterocycles. The third-order valence-corrected chi connectivity index (χ3v) is 2.52. The molecule has 0 saturated carbocycles. The van der Waals surface area contributed by atoms with Crippen LogP contribution in [-0.4, -0.2) is 20.5 Å². The SMILES string of the molecule is CC(C)(C)OC(=O)Nc1ccc(CS(=O)[O-])cc1F. The lowest BCUT2D eigenvalue weighted by molar-refractivity contribution is 0.0635. The largest absolute Gasteiger partial charge is 0.772 e. The molecule has 0 aliphatic rings. The maximum absolute atomic E-state index is 13.6. The summed E-state index contributed by atoms with van der Waals surface area (Å²) in [4.78, 5) is 11.4. The van der Waals surface area contributed by atoms with E-state index in [0.717, 1.165) is 6.07 Å². The molecular formula is C12H15FNO4S-. The fourth-order valence-electron chi connectivity index (χ4n) is 1.30. The second kappa shape index (κ2) is 6.12. The minimum atomic E-state index is -2.28. The number of hydrogen-bond donors (Lipinski definition) is 1. The van der Waals surface area contributed by atoms with Crippen LogP contribution < -0.4 is 5.32 Å². The van der Waals surface area contributed by atoms with Crippen LogP contribution in [0.1, 0.15) is 26.3 Å². The predicted octanol–water partition coefficient (Wildman–Crippen LogP) is 2.55. The number of hydrogen-bond acceptors (Lipinski definition) is 4. The summed E-state index contributed by atoms with van der Waals surface area (Å²) in [5.41, 5.74) is -0.435. The Labute approximate surface area is 113 Å². The molecule has 0 fully saturated rings. The smallest absolute Gasteiger partial charge is 0.412 e. The quantitative estimate of drug-likeness (QED) is 0.867. The summed E-state index contributed by atoms with van der Waals surface area (Å²) in [6, 6.07) is 3.77. The molecule has 1 atom stereocenters. The number of rotatable bonds is 3. The van der Waals surface area contributed by atoms with Crippen molar-refractivity contribution in [1.82, 2.24) is 0 Å². The predicted molar refractivity (Wildman–Crippen MR) is 68.9 cm³/mol. The van der Waals surface area contributed by atoms with Crippen molar-refractivity contribution in [2.75, 3.05) is 5.32 Å². The third kappa shape index (κ3) is 5.80. The van der Waals surface area contributed by atoms with E-state index in [1.54, 1.807) is 20.8 Å². The number of nitrogens with one attached hydrogen (secondary N) is 1. The van der Waals surface area contributed by atoms with Gasteiger partial charge in [-0.05, 0) is 38.5 Å². The lowest BCUT2D eigenvalue weighted by Crippen LogP contribution is -2.27. The summed E-state index contributed by atoms with van der Waals surface area (Å²) in [5, 5.41) is 2.26. The fourth-order valence-corrected chi connectivity index (χ4v) is 1.75. The van der Waals surface area contributed by atoms with Gasteiger partial charge in [-0.25, -0.2) is 9.18 Å². The van der Waals surface area contributed by atoms with Gasteiger partial charge in [0, 0.05) is 5.75 Å². The van der Waals surface area contributed by atoms with Crippen LogP contribution in [0.2, 0.25) is 0 Å². The van der Waals surface area contributed by atoms with E-state index < -0.39 is 28.6 Å². The van der Waals surface area contributed by atoms with Crippen molar-refractivity contribution in [3.05, 3.63) is 29.6 Å². The number of carbonyl (C=O) groups excluding carboxylic acids is 1. The van der Waals surface area contributed by atoms with Crippen LogP contribution in [0.15, 0.2) is 18.2 Å². The first-order chi connectivity index (χ1) is 8.67. The Morgan fingerprint density at radius 3 is 2.58 bits per heavy atom. The summed E-state index contributed by atoms with van der Waals surface area (Å²) in [7, 11) is 0. The molecule has 1 unspecified atom stereocenters. The second-order valence-corrected chi connectivity index (χ2v) is 5.79. The van der Waals surface area contributed by atoms with Gasteiger partial charge < -0.3 is 9.29 Å². The van der Waals surface area contributed by atoms with Gasteiger partial charge >= 0.3 is 6.09 Å². The topological polar surface area (TPSA) is 78.5 Å². The maximum atomic E-state index is 13.6. The molecule has 0 spiro atoms. The van der Waals surface area contributed by atoms with Gasteiger partial charge in [0.05, 0.1) is 5.69 Å². The molecule has 1 rings (SSSR count). The highest BCUT2D eigenvalue weighted by atomic mass is 32.2. The fraction of sp³-hybridized carbons (Fsp3) is 0.417. The summed E-state index contributed by atoms with van der Waals surface area (Å²) in [6.07, 6.45) is -0.772. The first-order valence-electron chi connectivity index (χ1n) is 5.51. The van der Waals surface area contributed by atoms with Crippen LogP contribution in [0.25, 0.3) is 0 Å². The standard InChI is InChI=1S/C12H16FNO4S/c1-12(2,3)18-11(15)14-10-5-4-8(6-9(10)13)7-19(16)17/h4-6H,7H2,1-3H3,(H,14,15)(H,16,17)/p-1. The average molecular weight is 288 g/mol. The Morgan fingerprint density at radius 2 is 2.11 bits per heavy atom. The van der Waals surface area contributed by atoms with E-state index in [-0.39, 0.29) is 11.4 Å². The van der Waals surface area contributed by atoms with Crippen molar-refractivity contribution in [1.29, 1.82) is 0 Å². The van der Waals surface area contributed by atoms with E-state index in [1.807, 2.05) is 0 Å². The monoisotopic (exact) mass is 288 g/mol. The van der Waals surface area contributed by atoms with E-state index in [2.05, 4.69) is 5.32 Å². The second-order valence-electron chi connectivity index (χ2n) is 4.89. The molecule has 0 aliphatic carbocycles. The molecule has 1 N–H and O–H groups in total. The van der Waals surface area contributed by atoms with Gasteiger partial charge in [-0.1, -0.05) is 17.1 Å². The van der Waals surface area contributed by atoms with Gasteiger partial charge in [-0.15, -0.1) is 0 Å². The molecule has 0 bridgehead atoms. The van der Waals surface area contributed by atoms with Crippen molar-refractivity contribution in [2.45, 2.75) is 32.1 Å². The van der Waals surface area contributed by atoms with Crippen molar-refractivity contribution < 1.29 is 22.7 Å². The van der Waals surface area contributed by atoms with Crippen molar-refractivity contribution >= 4 is 22.9 Å². The Kier molecular flexibility index (Phi) is 5.02. The van der Waals surface area contributed by atoms with Crippen LogP contribution in [0.4, 0.5) is 14.9 Å². The van der Waals surface area contributed by atoms with Crippen molar-refractivity contribution in [3.8, 4) is 0 Å². The van der Waals surface area contributed by atoms with Crippen molar-refractivity contribution in [2.24, 2.45) is 0 Å².